The Morgan fingerprint density at radius 1 is 1.09 bits per heavy atom. The fourth-order valence-electron chi connectivity index (χ4n) is 3.53. The maximum absolute atomic E-state index is 12.7. The van der Waals surface area contributed by atoms with E-state index in [4.69, 9.17) is 0 Å². The van der Waals surface area contributed by atoms with E-state index in [1.807, 2.05) is 17.5 Å². The van der Waals surface area contributed by atoms with Crippen LogP contribution in [-0.4, -0.2) is 25.0 Å². The molecule has 3 aromatic heterocycles. The summed E-state index contributed by atoms with van der Waals surface area (Å²) in [5.74, 6) is 0.155. The van der Waals surface area contributed by atoms with Gasteiger partial charge in [0.25, 0.3) is 5.56 Å². The molecule has 4 rings (SSSR count). The Morgan fingerprint density at radius 2 is 1.81 bits per heavy atom. The van der Waals surface area contributed by atoms with Crippen molar-refractivity contribution in [2.24, 2.45) is 14.1 Å². The second kappa shape index (κ2) is 8.51. The van der Waals surface area contributed by atoms with E-state index in [-0.39, 0.29) is 23.4 Å². The van der Waals surface area contributed by atoms with Crippen LogP contribution in [0.1, 0.15) is 30.9 Å². The Kier molecular flexibility index (Phi) is 5.75. The number of aromatic nitrogens is 4. The largest absolute Gasteiger partial charge is 0.332 e. The highest BCUT2D eigenvalue weighted by atomic mass is 32.1. The number of hydrogen-bond acceptors (Lipinski definition) is 6. The standard InChI is InChI=1S/C23H23N5O3S/c1-13(2)14-5-7-15(8-6-14)17-12-32-22(25-17)26-18(29)11-16-9-10-24-20-19(16)21(30)28(4)23(31)27(20)3/h5-10,12-13H,11H2,1-4H3,(H,25,26,29). The topological polar surface area (TPSA) is 98.9 Å². The lowest BCUT2D eigenvalue weighted by atomic mass is 10.0. The minimum absolute atomic E-state index is 0.0372. The summed E-state index contributed by atoms with van der Waals surface area (Å²) in [5, 5.41) is 5.45. The average molecular weight is 450 g/mol. The van der Waals surface area contributed by atoms with E-state index >= 15 is 0 Å². The fraction of sp³-hybridized carbons (Fsp3) is 0.261. The molecule has 8 nitrogen and oxygen atoms in total. The van der Waals surface area contributed by atoms with E-state index in [1.54, 1.807) is 13.1 Å². The Bertz CT molecular complexity index is 1430. The second-order valence-electron chi connectivity index (χ2n) is 7.91. The summed E-state index contributed by atoms with van der Waals surface area (Å²) in [6.07, 6.45) is 1.45. The van der Waals surface area contributed by atoms with Gasteiger partial charge in [0.2, 0.25) is 5.91 Å². The molecule has 32 heavy (non-hydrogen) atoms. The number of carbonyl (C=O) groups is 1. The summed E-state index contributed by atoms with van der Waals surface area (Å²) in [4.78, 5) is 46.2. The number of anilines is 1. The van der Waals surface area contributed by atoms with Crippen LogP contribution in [0.25, 0.3) is 22.3 Å². The molecule has 164 valence electrons. The molecular formula is C23H23N5O3S. The molecule has 0 saturated carbocycles. The maximum Gasteiger partial charge on any atom is 0.332 e. The van der Waals surface area contributed by atoms with Gasteiger partial charge in [0.15, 0.2) is 5.13 Å². The molecule has 0 saturated heterocycles. The summed E-state index contributed by atoms with van der Waals surface area (Å²) >= 11 is 1.34. The Labute approximate surface area is 188 Å². The minimum Gasteiger partial charge on any atom is -0.302 e. The normalized spacial score (nSPS) is 11.3. The van der Waals surface area contributed by atoms with Gasteiger partial charge in [-0.05, 0) is 23.1 Å². The first-order valence-electron chi connectivity index (χ1n) is 10.2. The van der Waals surface area contributed by atoms with Crippen molar-refractivity contribution in [3.8, 4) is 11.3 Å². The van der Waals surface area contributed by atoms with Crippen LogP contribution >= 0.6 is 11.3 Å². The zero-order chi connectivity index (χ0) is 23.0. The number of aryl methyl sites for hydroxylation is 1. The highest BCUT2D eigenvalue weighted by Crippen LogP contribution is 2.26. The molecule has 1 N–H and O–H groups in total. The maximum atomic E-state index is 12.7. The van der Waals surface area contributed by atoms with Gasteiger partial charge >= 0.3 is 5.69 Å². The van der Waals surface area contributed by atoms with Crippen LogP contribution in [0.2, 0.25) is 0 Å². The van der Waals surface area contributed by atoms with Gasteiger partial charge in [-0.15, -0.1) is 11.3 Å². The van der Waals surface area contributed by atoms with Crippen molar-refractivity contribution in [2.45, 2.75) is 26.2 Å². The number of hydrogen-bond donors (Lipinski definition) is 1. The molecule has 0 unspecified atom stereocenters. The van der Waals surface area contributed by atoms with Gasteiger partial charge in [-0.25, -0.2) is 14.8 Å². The molecule has 0 radical (unpaired) electrons. The molecule has 9 heteroatoms. The predicted octanol–water partition coefficient (Wildman–Crippen LogP) is 3.06. The summed E-state index contributed by atoms with van der Waals surface area (Å²) < 4.78 is 2.32. The van der Waals surface area contributed by atoms with Gasteiger partial charge in [-0.3, -0.25) is 18.7 Å². The molecule has 3 heterocycles. The van der Waals surface area contributed by atoms with Crippen LogP contribution in [0.3, 0.4) is 0 Å². The third-order valence-electron chi connectivity index (χ3n) is 5.40. The van der Waals surface area contributed by atoms with Crippen LogP contribution < -0.4 is 16.6 Å². The first kappa shape index (κ1) is 21.6. The highest BCUT2D eigenvalue weighted by Gasteiger charge is 2.16. The molecule has 0 aliphatic heterocycles. The minimum atomic E-state index is -0.472. The SMILES string of the molecule is CC(C)c1ccc(-c2csc(NC(=O)Cc3ccnc4c3c(=O)n(C)c(=O)n4C)n2)cc1. The smallest absolute Gasteiger partial charge is 0.302 e. The van der Waals surface area contributed by atoms with Crippen LogP contribution in [0.4, 0.5) is 5.13 Å². The molecule has 0 fully saturated rings. The first-order valence-corrected chi connectivity index (χ1v) is 11.0. The van der Waals surface area contributed by atoms with Crippen molar-refractivity contribution in [2.75, 3.05) is 5.32 Å². The van der Waals surface area contributed by atoms with Crippen molar-refractivity contribution < 1.29 is 4.79 Å². The van der Waals surface area contributed by atoms with Gasteiger partial charge in [0.1, 0.15) is 5.65 Å². The summed E-state index contributed by atoms with van der Waals surface area (Å²) in [6.45, 7) is 4.29. The zero-order valence-electron chi connectivity index (χ0n) is 18.2. The molecule has 0 atom stereocenters. The third-order valence-corrected chi connectivity index (χ3v) is 6.16. The summed E-state index contributed by atoms with van der Waals surface area (Å²) in [6, 6.07) is 9.84. The predicted molar refractivity (Wildman–Crippen MR) is 126 cm³/mol. The molecular weight excluding hydrogens is 426 g/mol. The van der Waals surface area contributed by atoms with E-state index in [9.17, 15) is 14.4 Å². The number of thiazole rings is 1. The molecule has 4 aromatic rings. The first-order chi connectivity index (χ1) is 15.3. The number of nitrogens with one attached hydrogen (secondary N) is 1. The quantitative estimate of drug-likeness (QED) is 0.505. The lowest BCUT2D eigenvalue weighted by Gasteiger charge is -2.10. The monoisotopic (exact) mass is 449 g/mol. The fourth-order valence-corrected chi connectivity index (χ4v) is 4.27. The summed E-state index contributed by atoms with van der Waals surface area (Å²) in [7, 11) is 2.96. The lowest BCUT2D eigenvalue weighted by molar-refractivity contribution is -0.115. The van der Waals surface area contributed by atoms with E-state index in [1.165, 1.54) is 34.7 Å². The van der Waals surface area contributed by atoms with Crippen molar-refractivity contribution >= 4 is 33.4 Å². The Hall–Kier alpha value is -3.59. The molecule has 0 aliphatic carbocycles. The van der Waals surface area contributed by atoms with Gasteiger partial charge in [-0.1, -0.05) is 38.1 Å². The number of amides is 1. The van der Waals surface area contributed by atoms with Crippen LogP contribution in [-0.2, 0) is 25.3 Å². The van der Waals surface area contributed by atoms with Crippen molar-refractivity contribution in [1.29, 1.82) is 0 Å². The number of rotatable bonds is 5. The highest BCUT2D eigenvalue weighted by molar-refractivity contribution is 7.14. The molecule has 1 amide bonds. The Morgan fingerprint density at radius 3 is 2.50 bits per heavy atom. The molecule has 1 aromatic carbocycles. The average Bonchev–Trinajstić information content (AvgIpc) is 3.24. The van der Waals surface area contributed by atoms with Crippen molar-refractivity contribution in [3.05, 3.63) is 73.9 Å². The number of pyridine rings is 1. The molecule has 0 aliphatic rings. The summed E-state index contributed by atoms with van der Waals surface area (Å²) in [5.41, 5.74) is 2.85. The van der Waals surface area contributed by atoms with E-state index < -0.39 is 11.2 Å². The second-order valence-corrected chi connectivity index (χ2v) is 8.77. The third kappa shape index (κ3) is 3.99. The number of nitrogens with zero attached hydrogens (tertiary/aromatic N) is 4. The zero-order valence-corrected chi connectivity index (χ0v) is 19.1. The van der Waals surface area contributed by atoms with E-state index in [0.717, 1.165) is 15.8 Å². The van der Waals surface area contributed by atoms with Crippen LogP contribution in [0.15, 0.2) is 51.5 Å². The van der Waals surface area contributed by atoms with Gasteiger partial charge in [0.05, 0.1) is 17.5 Å². The van der Waals surface area contributed by atoms with Crippen molar-refractivity contribution in [1.82, 2.24) is 19.1 Å². The number of fused-ring (bicyclic) bond motifs is 1. The van der Waals surface area contributed by atoms with Crippen LogP contribution in [0, 0.1) is 0 Å². The van der Waals surface area contributed by atoms with E-state index in [2.05, 4.69) is 41.3 Å². The van der Waals surface area contributed by atoms with Crippen LogP contribution in [0.5, 0.6) is 0 Å². The van der Waals surface area contributed by atoms with Gasteiger partial charge < -0.3 is 5.32 Å². The Balaban J connectivity index is 1.56. The number of carbonyl (C=O) groups excluding carboxylic acids is 1. The molecule has 0 bridgehead atoms. The van der Waals surface area contributed by atoms with Crippen molar-refractivity contribution in [3.63, 3.8) is 0 Å². The lowest BCUT2D eigenvalue weighted by Crippen LogP contribution is -2.37. The van der Waals surface area contributed by atoms with Gasteiger partial charge in [0, 0.05) is 31.2 Å². The number of benzene rings is 1. The molecule has 0 spiro atoms. The van der Waals surface area contributed by atoms with Gasteiger partial charge in [-0.2, -0.15) is 0 Å². The van der Waals surface area contributed by atoms with E-state index in [0.29, 0.717) is 16.6 Å².